The molecule has 174 valence electrons. The molecule has 0 amide bonds. The Balaban J connectivity index is 1.37. The van der Waals surface area contributed by atoms with Crippen LogP contribution in [0.15, 0.2) is 85.5 Å². The van der Waals surface area contributed by atoms with Gasteiger partial charge in [0.2, 0.25) is 0 Å². The lowest BCUT2D eigenvalue weighted by Crippen LogP contribution is -2.02. The van der Waals surface area contributed by atoms with Crippen molar-refractivity contribution in [3.63, 3.8) is 0 Å². The first-order valence-electron chi connectivity index (χ1n) is 12.3. The van der Waals surface area contributed by atoms with Gasteiger partial charge in [0, 0.05) is 48.4 Å². The molecule has 0 bridgehead atoms. The van der Waals surface area contributed by atoms with Gasteiger partial charge in [0.05, 0.1) is 50.9 Å². The number of hydrogen-bond acceptors (Lipinski definition) is 5. The molecular formula is C31H20N6. The average Bonchev–Trinajstić information content (AvgIpc) is 3.66. The van der Waals surface area contributed by atoms with Crippen LogP contribution in [-0.4, -0.2) is 29.5 Å². The number of fused-ring (bicyclic) bond motifs is 5. The summed E-state index contributed by atoms with van der Waals surface area (Å²) in [6.07, 6.45) is 12.7. The van der Waals surface area contributed by atoms with E-state index in [4.69, 9.17) is 4.98 Å². The lowest BCUT2D eigenvalue weighted by atomic mass is 10.1. The standard InChI is InChI=1S/C31H20N6/c1-3-7-30-22(5-1)23-6-2-4-8-31(23)37(30)21-17-24(19-13-26-27(14-19)33-10-9-32-26)36-25(18-21)20-15-28-29(16-20)35-12-11-34-28/h1-13,15,17-18H,14,16H2. The van der Waals surface area contributed by atoms with E-state index >= 15 is 0 Å². The molecule has 4 heterocycles. The van der Waals surface area contributed by atoms with Crippen LogP contribution in [0.2, 0.25) is 0 Å². The Morgan fingerprint density at radius 2 is 1.05 bits per heavy atom. The lowest BCUT2D eigenvalue weighted by Gasteiger charge is -2.14. The zero-order chi connectivity index (χ0) is 24.3. The van der Waals surface area contributed by atoms with E-state index < -0.39 is 0 Å². The van der Waals surface area contributed by atoms with Crippen molar-refractivity contribution in [2.45, 2.75) is 12.8 Å². The topological polar surface area (TPSA) is 69.4 Å². The summed E-state index contributed by atoms with van der Waals surface area (Å²) in [5, 5.41) is 2.47. The van der Waals surface area contributed by atoms with Crippen molar-refractivity contribution >= 4 is 45.1 Å². The van der Waals surface area contributed by atoms with E-state index in [1.54, 1.807) is 24.8 Å². The zero-order valence-electron chi connectivity index (χ0n) is 19.8. The second-order valence-corrected chi connectivity index (χ2v) is 9.43. The van der Waals surface area contributed by atoms with Crippen molar-refractivity contribution in [1.82, 2.24) is 29.5 Å². The van der Waals surface area contributed by atoms with E-state index in [1.807, 2.05) is 0 Å². The number of benzene rings is 2. The van der Waals surface area contributed by atoms with Gasteiger partial charge in [-0.05, 0) is 47.6 Å². The zero-order valence-corrected chi connectivity index (χ0v) is 19.8. The van der Waals surface area contributed by atoms with Crippen LogP contribution >= 0.6 is 0 Å². The van der Waals surface area contributed by atoms with Gasteiger partial charge in [-0.15, -0.1) is 0 Å². The second kappa shape index (κ2) is 7.77. The van der Waals surface area contributed by atoms with Gasteiger partial charge in [-0.25, -0.2) is 4.98 Å². The number of allylic oxidation sites excluding steroid dienone is 2. The molecule has 6 heteroatoms. The van der Waals surface area contributed by atoms with Gasteiger partial charge in [0.15, 0.2) is 0 Å². The number of hydrogen-bond donors (Lipinski definition) is 0. The highest BCUT2D eigenvalue weighted by atomic mass is 15.0. The predicted octanol–water partition coefficient (Wildman–Crippen LogP) is 5.95. The highest BCUT2D eigenvalue weighted by Crippen LogP contribution is 2.36. The molecule has 0 saturated carbocycles. The minimum atomic E-state index is 0.717. The van der Waals surface area contributed by atoms with E-state index in [2.05, 4.69) is 97.3 Å². The summed E-state index contributed by atoms with van der Waals surface area (Å²) < 4.78 is 2.34. The minimum Gasteiger partial charge on any atom is -0.309 e. The Labute approximate surface area is 212 Å². The third-order valence-electron chi connectivity index (χ3n) is 7.26. The summed E-state index contributed by atoms with van der Waals surface area (Å²) in [6.45, 7) is 0. The summed E-state index contributed by atoms with van der Waals surface area (Å²) in [5.74, 6) is 0. The highest BCUT2D eigenvalue weighted by molar-refractivity contribution is 6.09. The molecule has 0 radical (unpaired) electrons. The van der Waals surface area contributed by atoms with Crippen molar-refractivity contribution < 1.29 is 0 Å². The molecule has 37 heavy (non-hydrogen) atoms. The molecule has 4 aromatic heterocycles. The molecule has 0 atom stereocenters. The smallest absolute Gasteiger partial charge is 0.0852 e. The van der Waals surface area contributed by atoms with E-state index in [1.165, 1.54) is 21.8 Å². The maximum Gasteiger partial charge on any atom is 0.0852 e. The molecule has 0 unspecified atom stereocenters. The van der Waals surface area contributed by atoms with Gasteiger partial charge >= 0.3 is 0 Å². The SMILES string of the molecule is C1=C(c2cc(-n3c4ccccc4c4ccccc43)cc(C3=Cc4nccnc4C3)n2)Cc2nccnc21. The van der Waals surface area contributed by atoms with Gasteiger partial charge < -0.3 is 4.57 Å². The Hall–Kier alpha value is -4.97. The Morgan fingerprint density at radius 3 is 1.57 bits per heavy atom. The number of nitrogens with zero attached hydrogens (tertiary/aromatic N) is 6. The Kier molecular flexibility index (Phi) is 4.25. The molecule has 6 nitrogen and oxygen atoms in total. The number of rotatable bonds is 3. The van der Waals surface area contributed by atoms with E-state index in [9.17, 15) is 0 Å². The molecule has 6 aromatic rings. The summed E-state index contributed by atoms with van der Waals surface area (Å²) in [5.41, 5.74) is 11.4. The Bertz CT molecular complexity index is 1810. The van der Waals surface area contributed by atoms with Crippen molar-refractivity contribution in [3.8, 4) is 5.69 Å². The maximum atomic E-state index is 5.17. The van der Waals surface area contributed by atoms with Crippen LogP contribution in [0.4, 0.5) is 0 Å². The molecule has 0 N–H and O–H groups in total. The number of pyridine rings is 1. The summed E-state index contributed by atoms with van der Waals surface area (Å²) in [4.78, 5) is 23.3. The van der Waals surface area contributed by atoms with Crippen molar-refractivity contribution in [2.24, 2.45) is 0 Å². The van der Waals surface area contributed by atoms with Crippen molar-refractivity contribution in [3.05, 3.63) is 120 Å². The third-order valence-corrected chi connectivity index (χ3v) is 7.26. The molecule has 2 aliphatic rings. The summed E-state index contributed by atoms with van der Waals surface area (Å²) in [7, 11) is 0. The maximum absolute atomic E-state index is 5.17. The average molecular weight is 477 g/mol. The molecule has 2 aliphatic carbocycles. The fourth-order valence-electron chi connectivity index (χ4n) is 5.57. The molecule has 0 fully saturated rings. The van der Waals surface area contributed by atoms with Crippen LogP contribution < -0.4 is 0 Å². The van der Waals surface area contributed by atoms with Gasteiger partial charge in [0.1, 0.15) is 0 Å². The summed E-state index contributed by atoms with van der Waals surface area (Å²) in [6, 6.07) is 21.5. The van der Waals surface area contributed by atoms with E-state index in [0.717, 1.165) is 51.0 Å². The van der Waals surface area contributed by atoms with Crippen LogP contribution in [0.3, 0.4) is 0 Å². The molecule has 2 aromatic carbocycles. The van der Waals surface area contributed by atoms with Gasteiger partial charge in [0.25, 0.3) is 0 Å². The number of aromatic nitrogens is 6. The first-order valence-corrected chi connectivity index (χ1v) is 12.3. The highest BCUT2D eigenvalue weighted by Gasteiger charge is 2.23. The quantitative estimate of drug-likeness (QED) is 0.316. The molecule has 8 rings (SSSR count). The van der Waals surface area contributed by atoms with Gasteiger partial charge in [-0.1, -0.05) is 36.4 Å². The minimum absolute atomic E-state index is 0.717. The Morgan fingerprint density at radius 1 is 0.568 bits per heavy atom. The van der Waals surface area contributed by atoms with Crippen LogP contribution in [0.5, 0.6) is 0 Å². The molecule has 0 spiro atoms. The van der Waals surface area contributed by atoms with Crippen molar-refractivity contribution in [1.29, 1.82) is 0 Å². The molecule has 0 aliphatic heterocycles. The van der Waals surface area contributed by atoms with Crippen LogP contribution in [-0.2, 0) is 12.8 Å². The number of para-hydroxylation sites is 2. The normalized spacial score (nSPS) is 14.1. The fraction of sp³-hybridized carbons (Fsp3) is 0.0645. The van der Waals surface area contributed by atoms with E-state index in [0.29, 0.717) is 12.8 Å². The monoisotopic (exact) mass is 476 g/mol. The largest absolute Gasteiger partial charge is 0.309 e. The van der Waals surface area contributed by atoms with Gasteiger partial charge in [-0.3, -0.25) is 19.9 Å². The third kappa shape index (κ3) is 3.16. The van der Waals surface area contributed by atoms with E-state index in [-0.39, 0.29) is 0 Å². The fourth-order valence-corrected chi connectivity index (χ4v) is 5.57. The lowest BCUT2D eigenvalue weighted by molar-refractivity contribution is 1.05. The van der Waals surface area contributed by atoms with Gasteiger partial charge in [-0.2, -0.15) is 0 Å². The van der Waals surface area contributed by atoms with Crippen LogP contribution in [0, 0.1) is 0 Å². The molecular weight excluding hydrogens is 456 g/mol. The predicted molar refractivity (Wildman–Crippen MR) is 146 cm³/mol. The van der Waals surface area contributed by atoms with Crippen LogP contribution in [0.1, 0.15) is 34.2 Å². The first-order chi connectivity index (χ1) is 18.3. The second-order valence-electron chi connectivity index (χ2n) is 9.43. The first kappa shape index (κ1) is 20.2. The van der Waals surface area contributed by atoms with Crippen molar-refractivity contribution in [2.75, 3.05) is 0 Å². The molecule has 0 saturated heterocycles. The summed E-state index contributed by atoms with van der Waals surface area (Å²) >= 11 is 0. The van der Waals surface area contributed by atoms with Crippen LogP contribution in [0.25, 0.3) is 50.8 Å².